The van der Waals surface area contributed by atoms with Gasteiger partial charge in [0.05, 0.1) is 17.1 Å². The summed E-state index contributed by atoms with van der Waals surface area (Å²) in [5, 5.41) is 7.36. The summed E-state index contributed by atoms with van der Waals surface area (Å²) in [6, 6.07) is 17.9. The number of aryl methyl sites for hydroxylation is 2. The van der Waals surface area contributed by atoms with E-state index in [0.29, 0.717) is 16.7 Å². The lowest BCUT2D eigenvalue weighted by Crippen LogP contribution is -2.31. The van der Waals surface area contributed by atoms with Crippen LogP contribution in [0.25, 0.3) is 23.2 Å². The smallest absolute Gasteiger partial charge is 0.406 e. The van der Waals surface area contributed by atoms with Crippen molar-refractivity contribution in [2.24, 2.45) is 4.99 Å². The van der Waals surface area contributed by atoms with Crippen molar-refractivity contribution in [3.63, 3.8) is 0 Å². The fraction of sp³-hybridized carbons (Fsp3) is 0.194. The van der Waals surface area contributed by atoms with Crippen LogP contribution in [0.1, 0.15) is 30.0 Å². The molecule has 0 unspecified atom stereocenters. The maximum atomic E-state index is 12.7. The molecular formula is C31H27F3N6O3S. The molecule has 1 aliphatic rings. The molecule has 5 rings (SSSR count). The van der Waals surface area contributed by atoms with E-state index in [1.165, 1.54) is 58.1 Å². The zero-order chi connectivity index (χ0) is 31.3. The second kappa shape index (κ2) is 13.2. The maximum absolute atomic E-state index is 12.7. The molecular weight excluding hydrogens is 593 g/mol. The number of hydrogen-bond donors (Lipinski definition) is 1. The fourth-order valence-electron chi connectivity index (χ4n) is 4.44. The summed E-state index contributed by atoms with van der Waals surface area (Å²) in [5.41, 5.74) is 4.82. The van der Waals surface area contributed by atoms with Gasteiger partial charge in [-0.3, -0.25) is 9.69 Å². The summed E-state index contributed by atoms with van der Waals surface area (Å²) in [6.07, 6.45) is 1.60. The highest BCUT2D eigenvalue weighted by molar-refractivity contribution is 8.15. The first-order valence-corrected chi connectivity index (χ1v) is 14.6. The number of anilines is 1. The zero-order valence-corrected chi connectivity index (χ0v) is 24.5. The quantitative estimate of drug-likeness (QED) is 0.230. The molecule has 4 aromatic rings. The summed E-state index contributed by atoms with van der Waals surface area (Å²) in [6.45, 7) is 4.03. The molecule has 3 aromatic carbocycles. The summed E-state index contributed by atoms with van der Waals surface area (Å²) >= 11 is 1.23. The van der Waals surface area contributed by atoms with Crippen LogP contribution in [0.2, 0.25) is 0 Å². The Hall–Kier alpha value is -4.91. The first-order chi connectivity index (χ1) is 21.1. The van der Waals surface area contributed by atoms with Crippen molar-refractivity contribution in [3.8, 4) is 22.8 Å². The van der Waals surface area contributed by atoms with Crippen molar-refractivity contribution in [1.29, 1.82) is 0 Å². The van der Waals surface area contributed by atoms with E-state index in [0.717, 1.165) is 40.8 Å². The average molecular weight is 621 g/mol. The lowest BCUT2D eigenvalue weighted by Gasteiger charge is -2.20. The van der Waals surface area contributed by atoms with Crippen LogP contribution in [0.5, 0.6) is 5.75 Å². The highest BCUT2D eigenvalue weighted by atomic mass is 32.2. The Kier molecular flexibility index (Phi) is 9.14. The van der Waals surface area contributed by atoms with E-state index in [9.17, 15) is 22.8 Å². The SMILES string of the molecule is CCCc1ccc(C)cc1N1C(=O)CS/C1=N\C(=O)N/C=C/c1ccc(-c2ncn(-c3ccc(OC(F)(F)F)cc3)n2)cc1. The van der Waals surface area contributed by atoms with E-state index in [1.54, 1.807) is 18.2 Å². The largest absolute Gasteiger partial charge is 0.573 e. The van der Waals surface area contributed by atoms with Crippen molar-refractivity contribution in [2.75, 3.05) is 10.7 Å². The number of halogens is 3. The number of alkyl halides is 3. The minimum Gasteiger partial charge on any atom is -0.406 e. The Balaban J connectivity index is 1.21. The number of thioether (sulfide) groups is 1. The van der Waals surface area contributed by atoms with E-state index >= 15 is 0 Å². The highest BCUT2D eigenvalue weighted by Gasteiger charge is 2.32. The third-order valence-electron chi connectivity index (χ3n) is 6.44. The van der Waals surface area contributed by atoms with E-state index in [1.807, 2.05) is 37.3 Å². The Morgan fingerprint density at radius 3 is 2.57 bits per heavy atom. The molecule has 0 atom stereocenters. The molecule has 1 N–H and O–H groups in total. The molecule has 226 valence electrons. The molecule has 44 heavy (non-hydrogen) atoms. The molecule has 1 saturated heterocycles. The predicted molar refractivity (Wildman–Crippen MR) is 164 cm³/mol. The summed E-state index contributed by atoms with van der Waals surface area (Å²) < 4.78 is 42.5. The van der Waals surface area contributed by atoms with Gasteiger partial charge in [-0.1, -0.05) is 61.5 Å². The molecule has 9 nitrogen and oxygen atoms in total. The van der Waals surface area contributed by atoms with Crippen molar-refractivity contribution in [3.05, 3.63) is 95.9 Å². The zero-order valence-electron chi connectivity index (χ0n) is 23.7. The average Bonchev–Trinajstić information content (AvgIpc) is 3.61. The van der Waals surface area contributed by atoms with Crippen molar-refractivity contribution in [1.82, 2.24) is 20.1 Å². The predicted octanol–water partition coefficient (Wildman–Crippen LogP) is 6.91. The Morgan fingerprint density at radius 2 is 1.86 bits per heavy atom. The molecule has 13 heteroatoms. The van der Waals surface area contributed by atoms with E-state index in [4.69, 9.17) is 0 Å². The van der Waals surface area contributed by atoms with Crippen molar-refractivity contribution in [2.45, 2.75) is 33.1 Å². The van der Waals surface area contributed by atoms with Crippen LogP contribution in [0.3, 0.4) is 0 Å². The Bertz CT molecular complexity index is 1720. The number of aromatic nitrogens is 3. The van der Waals surface area contributed by atoms with Gasteiger partial charge >= 0.3 is 12.4 Å². The second-order valence-corrected chi connectivity index (χ2v) is 10.7. The highest BCUT2D eigenvalue weighted by Crippen LogP contribution is 2.31. The molecule has 1 aliphatic heterocycles. The van der Waals surface area contributed by atoms with Crippen LogP contribution in [-0.4, -0.2) is 44.0 Å². The van der Waals surface area contributed by atoms with Crippen LogP contribution in [0, 0.1) is 6.92 Å². The van der Waals surface area contributed by atoms with Gasteiger partial charge in [0.25, 0.3) is 0 Å². The van der Waals surface area contributed by atoms with Crippen LogP contribution in [0.4, 0.5) is 23.7 Å². The van der Waals surface area contributed by atoms with Crippen LogP contribution in [0.15, 0.2) is 84.2 Å². The number of benzene rings is 3. The monoisotopic (exact) mass is 620 g/mol. The normalized spacial score (nSPS) is 14.5. The molecule has 0 radical (unpaired) electrons. The minimum absolute atomic E-state index is 0.118. The first kappa shape index (κ1) is 30.5. The van der Waals surface area contributed by atoms with E-state index in [-0.39, 0.29) is 17.4 Å². The number of ether oxygens (including phenoxy) is 1. The van der Waals surface area contributed by atoms with Crippen molar-refractivity contribution < 1.29 is 27.5 Å². The molecule has 2 heterocycles. The standard InChI is InChI=1S/C31H27F3N6O3S/c1-3-4-22-8-5-20(2)17-26(22)40-27(41)18-44-30(40)37-29(42)35-16-15-21-6-9-23(10-7-21)28-36-19-39(38-28)24-11-13-25(14-12-24)43-31(32,33)34/h5-17,19H,3-4,18H2,1-2H3,(H,35,42)/b16-15+,37-30-. The minimum atomic E-state index is -4.76. The topological polar surface area (TPSA) is 102 Å². The molecule has 0 saturated carbocycles. The summed E-state index contributed by atoms with van der Waals surface area (Å²) in [5.74, 6) is 0.188. The van der Waals surface area contributed by atoms with Gasteiger partial charge in [0.15, 0.2) is 11.0 Å². The molecule has 3 amide bonds. The third-order valence-corrected chi connectivity index (χ3v) is 7.37. The molecule has 1 aromatic heterocycles. The molecule has 0 bridgehead atoms. The molecule has 0 spiro atoms. The number of hydrogen-bond acceptors (Lipinski definition) is 6. The van der Waals surface area contributed by atoms with E-state index in [2.05, 4.69) is 32.1 Å². The van der Waals surface area contributed by atoms with Crippen LogP contribution >= 0.6 is 11.8 Å². The fourth-order valence-corrected chi connectivity index (χ4v) is 5.29. The summed E-state index contributed by atoms with van der Waals surface area (Å²) in [4.78, 5) is 35.3. The van der Waals surface area contributed by atoms with Crippen LogP contribution < -0.4 is 15.0 Å². The number of urea groups is 1. The van der Waals surface area contributed by atoms with Gasteiger partial charge in [-0.15, -0.1) is 18.3 Å². The number of rotatable bonds is 8. The second-order valence-electron chi connectivity index (χ2n) is 9.75. The lowest BCUT2D eigenvalue weighted by atomic mass is 10.0. The maximum Gasteiger partial charge on any atom is 0.573 e. The number of amides is 3. The van der Waals surface area contributed by atoms with E-state index < -0.39 is 12.4 Å². The Labute approximate surface area is 255 Å². The number of carbonyl (C=O) groups is 2. The summed E-state index contributed by atoms with van der Waals surface area (Å²) in [7, 11) is 0. The van der Waals surface area contributed by atoms with Gasteiger partial charge < -0.3 is 10.1 Å². The molecule has 0 aliphatic carbocycles. The van der Waals surface area contributed by atoms with Gasteiger partial charge in [0, 0.05) is 11.8 Å². The number of nitrogens with one attached hydrogen (secondary N) is 1. The van der Waals surface area contributed by atoms with Gasteiger partial charge in [-0.05, 0) is 66.4 Å². The third kappa shape index (κ3) is 7.53. The lowest BCUT2D eigenvalue weighted by molar-refractivity contribution is -0.274. The first-order valence-electron chi connectivity index (χ1n) is 13.6. The van der Waals surface area contributed by atoms with Crippen LogP contribution in [-0.2, 0) is 11.2 Å². The van der Waals surface area contributed by atoms with Crippen molar-refractivity contribution >= 4 is 40.6 Å². The number of nitrogens with zero attached hydrogens (tertiary/aromatic N) is 5. The Morgan fingerprint density at radius 1 is 1.11 bits per heavy atom. The van der Waals surface area contributed by atoms with Gasteiger partial charge in [0.1, 0.15) is 12.1 Å². The number of carbonyl (C=O) groups excluding carboxylic acids is 2. The number of amidine groups is 1. The molecule has 1 fully saturated rings. The number of aliphatic imine (C=N–C) groups is 1. The van der Waals surface area contributed by atoms with Gasteiger partial charge in [-0.25, -0.2) is 14.5 Å². The van der Waals surface area contributed by atoms with Gasteiger partial charge in [-0.2, -0.15) is 4.99 Å². The van der Waals surface area contributed by atoms with Gasteiger partial charge in [0.2, 0.25) is 5.91 Å².